The summed E-state index contributed by atoms with van der Waals surface area (Å²) in [5.74, 6) is 1.33. The van der Waals surface area contributed by atoms with Crippen LogP contribution in [0.25, 0.3) is 11.0 Å². The molecule has 0 spiro atoms. The number of nitrogens with one attached hydrogen (secondary N) is 1. The summed E-state index contributed by atoms with van der Waals surface area (Å²) in [5, 5.41) is 2.62. The standard InChI is InChI=1S/C15H24N4Si/c1-4-20(5-2,6-3)15-11(10-7-8-10)12-13(16)17-9-18-14(12)19-15/h9-10H,4-8H2,1-3H3,(H3,16,17,18,19). The van der Waals surface area contributed by atoms with Crippen molar-refractivity contribution in [3.8, 4) is 0 Å². The molecule has 0 unspecified atom stereocenters. The van der Waals surface area contributed by atoms with Crippen molar-refractivity contribution in [1.29, 1.82) is 0 Å². The van der Waals surface area contributed by atoms with Gasteiger partial charge in [0.25, 0.3) is 0 Å². The van der Waals surface area contributed by atoms with E-state index in [0.717, 1.165) is 11.0 Å². The van der Waals surface area contributed by atoms with E-state index < -0.39 is 8.07 Å². The average Bonchev–Trinajstić information content (AvgIpc) is 3.23. The third-order valence-electron chi connectivity index (χ3n) is 5.20. The Hall–Kier alpha value is -1.36. The van der Waals surface area contributed by atoms with E-state index in [9.17, 15) is 0 Å². The molecule has 1 aliphatic carbocycles. The molecule has 1 aliphatic rings. The molecule has 3 rings (SSSR count). The molecular weight excluding hydrogens is 264 g/mol. The molecular formula is C15H24N4Si. The molecule has 1 saturated carbocycles. The number of aromatic amines is 1. The van der Waals surface area contributed by atoms with Crippen LogP contribution >= 0.6 is 0 Å². The molecule has 0 aromatic carbocycles. The molecule has 5 heteroatoms. The normalized spacial score (nSPS) is 15.9. The van der Waals surface area contributed by atoms with Crippen LogP contribution in [0.15, 0.2) is 6.33 Å². The van der Waals surface area contributed by atoms with Crippen LogP contribution in [0.5, 0.6) is 0 Å². The maximum absolute atomic E-state index is 6.15. The predicted octanol–water partition coefficient (Wildman–Crippen LogP) is 3.13. The number of aromatic nitrogens is 3. The fraction of sp³-hybridized carbons (Fsp3) is 0.600. The molecule has 0 aliphatic heterocycles. The SMILES string of the molecule is CC[Si](CC)(CC)c1[nH]c2ncnc(N)c2c1C1CC1. The van der Waals surface area contributed by atoms with Crippen molar-refractivity contribution in [2.45, 2.75) is 57.7 Å². The van der Waals surface area contributed by atoms with Gasteiger partial charge in [-0.15, -0.1) is 0 Å². The van der Waals surface area contributed by atoms with Gasteiger partial charge in [0.15, 0.2) is 0 Å². The highest BCUT2D eigenvalue weighted by Crippen LogP contribution is 2.44. The highest BCUT2D eigenvalue weighted by molar-refractivity contribution is 6.91. The Balaban J connectivity index is 2.30. The Morgan fingerprint density at radius 1 is 1.20 bits per heavy atom. The van der Waals surface area contributed by atoms with E-state index >= 15 is 0 Å². The van der Waals surface area contributed by atoms with E-state index in [1.807, 2.05) is 0 Å². The summed E-state index contributed by atoms with van der Waals surface area (Å²) in [6.45, 7) is 7.03. The van der Waals surface area contributed by atoms with E-state index in [0.29, 0.717) is 11.7 Å². The van der Waals surface area contributed by atoms with Gasteiger partial charge in [-0.3, -0.25) is 0 Å². The minimum atomic E-state index is -1.45. The lowest BCUT2D eigenvalue weighted by Crippen LogP contribution is -2.48. The van der Waals surface area contributed by atoms with E-state index in [1.54, 1.807) is 6.33 Å². The van der Waals surface area contributed by atoms with Crippen molar-refractivity contribution in [1.82, 2.24) is 15.0 Å². The maximum atomic E-state index is 6.15. The molecule has 1 fully saturated rings. The van der Waals surface area contributed by atoms with Gasteiger partial charge in [-0.25, -0.2) is 9.97 Å². The van der Waals surface area contributed by atoms with Crippen LogP contribution in [-0.2, 0) is 0 Å². The second-order valence-corrected chi connectivity index (χ2v) is 11.2. The van der Waals surface area contributed by atoms with Gasteiger partial charge >= 0.3 is 0 Å². The fourth-order valence-corrected chi connectivity index (χ4v) is 7.39. The van der Waals surface area contributed by atoms with E-state index in [-0.39, 0.29) is 0 Å². The second kappa shape index (κ2) is 4.88. The number of fused-ring (bicyclic) bond motifs is 1. The summed E-state index contributed by atoms with van der Waals surface area (Å²) < 4.78 is 0. The fourth-order valence-electron chi connectivity index (χ4n) is 3.55. The van der Waals surface area contributed by atoms with Crippen LogP contribution in [-0.4, -0.2) is 23.0 Å². The zero-order valence-corrected chi connectivity index (χ0v) is 13.7. The molecule has 0 bridgehead atoms. The Morgan fingerprint density at radius 2 is 1.85 bits per heavy atom. The van der Waals surface area contributed by atoms with Gasteiger partial charge in [-0.05, 0) is 24.3 Å². The number of hydrogen-bond donors (Lipinski definition) is 2. The van der Waals surface area contributed by atoms with Gasteiger partial charge in [0.05, 0.1) is 5.39 Å². The summed E-state index contributed by atoms with van der Waals surface area (Å²) in [6.07, 6.45) is 4.15. The maximum Gasteiger partial charge on any atom is 0.143 e. The lowest BCUT2D eigenvalue weighted by molar-refractivity contribution is 1.13. The molecule has 2 heterocycles. The van der Waals surface area contributed by atoms with Gasteiger partial charge < -0.3 is 10.7 Å². The Kier molecular flexibility index (Phi) is 3.32. The first kappa shape index (κ1) is 13.6. The molecule has 0 saturated heterocycles. The topological polar surface area (TPSA) is 67.6 Å². The van der Waals surface area contributed by atoms with Crippen molar-refractivity contribution in [3.05, 3.63) is 11.9 Å². The van der Waals surface area contributed by atoms with Gasteiger partial charge in [-0.2, -0.15) is 0 Å². The van der Waals surface area contributed by atoms with E-state index in [1.165, 1.54) is 41.9 Å². The first-order valence-electron chi connectivity index (χ1n) is 7.79. The largest absolute Gasteiger partial charge is 0.383 e. The van der Waals surface area contributed by atoms with Crippen LogP contribution in [0, 0.1) is 0 Å². The molecule has 0 amide bonds. The predicted molar refractivity (Wildman–Crippen MR) is 87.1 cm³/mol. The number of hydrogen-bond acceptors (Lipinski definition) is 3. The van der Waals surface area contributed by atoms with Gasteiger partial charge in [0.2, 0.25) is 0 Å². The van der Waals surface area contributed by atoms with Crippen molar-refractivity contribution in [2.24, 2.45) is 0 Å². The second-order valence-electron chi connectivity index (χ2n) is 6.01. The number of nitrogens with zero attached hydrogens (tertiary/aromatic N) is 2. The molecule has 0 atom stereocenters. The van der Waals surface area contributed by atoms with Crippen molar-refractivity contribution < 1.29 is 0 Å². The highest BCUT2D eigenvalue weighted by Gasteiger charge is 2.39. The lowest BCUT2D eigenvalue weighted by atomic mass is 10.1. The Morgan fingerprint density at radius 3 is 2.40 bits per heavy atom. The molecule has 20 heavy (non-hydrogen) atoms. The van der Waals surface area contributed by atoms with Crippen LogP contribution < -0.4 is 11.1 Å². The number of anilines is 1. The van der Waals surface area contributed by atoms with Crippen LogP contribution in [0.2, 0.25) is 18.1 Å². The number of nitrogens with two attached hydrogens (primary N) is 1. The summed E-state index contributed by atoms with van der Waals surface area (Å²) in [5.41, 5.74) is 8.56. The summed E-state index contributed by atoms with van der Waals surface area (Å²) in [7, 11) is -1.45. The van der Waals surface area contributed by atoms with Crippen molar-refractivity contribution in [3.63, 3.8) is 0 Å². The number of H-pyrrole nitrogens is 1. The summed E-state index contributed by atoms with van der Waals surface area (Å²) in [6, 6.07) is 3.83. The van der Waals surface area contributed by atoms with Gasteiger partial charge in [-0.1, -0.05) is 38.9 Å². The van der Waals surface area contributed by atoms with Crippen LogP contribution in [0.4, 0.5) is 5.82 Å². The summed E-state index contributed by atoms with van der Waals surface area (Å²) >= 11 is 0. The van der Waals surface area contributed by atoms with Crippen LogP contribution in [0.3, 0.4) is 0 Å². The zero-order chi connectivity index (χ0) is 14.3. The lowest BCUT2D eigenvalue weighted by Gasteiger charge is -2.28. The average molecular weight is 288 g/mol. The monoisotopic (exact) mass is 288 g/mol. The highest BCUT2D eigenvalue weighted by atomic mass is 28.3. The van der Waals surface area contributed by atoms with Crippen LogP contribution in [0.1, 0.15) is 45.1 Å². The smallest absolute Gasteiger partial charge is 0.143 e. The molecule has 0 radical (unpaired) electrons. The number of nitrogen functional groups attached to an aromatic ring is 1. The third-order valence-corrected chi connectivity index (χ3v) is 10.7. The zero-order valence-electron chi connectivity index (χ0n) is 12.7. The van der Waals surface area contributed by atoms with Gasteiger partial charge in [0.1, 0.15) is 25.9 Å². The Labute approximate surface area is 121 Å². The first-order chi connectivity index (χ1) is 9.66. The van der Waals surface area contributed by atoms with E-state index in [4.69, 9.17) is 5.73 Å². The molecule has 2 aromatic heterocycles. The molecule has 2 aromatic rings. The molecule has 3 N–H and O–H groups in total. The Bertz CT molecular complexity index is 618. The van der Waals surface area contributed by atoms with Gasteiger partial charge in [0, 0.05) is 5.32 Å². The minimum Gasteiger partial charge on any atom is -0.383 e. The van der Waals surface area contributed by atoms with Crippen molar-refractivity contribution in [2.75, 3.05) is 5.73 Å². The quantitative estimate of drug-likeness (QED) is 0.831. The first-order valence-corrected chi connectivity index (χ1v) is 10.4. The summed E-state index contributed by atoms with van der Waals surface area (Å²) in [4.78, 5) is 12.3. The molecule has 4 nitrogen and oxygen atoms in total. The minimum absolute atomic E-state index is 0.644. The molecule has 108 valence electrons. The van der Waals surface area contributed by atoms with E-state index in [2.05, 4.69) is 35.7 Å². The van der Waals surface area contributed by atoms with Crippen molar-refractivity contribution >= 4 is 30.2 Å². The third kappa shape index (κ3) is 1.87. The number of rotatable bonds is 5.